The number of benzene rings is 2. The van der Waals surface area contributed by atoms with Crippen molar-refractivity contribution < 1.29 is 4.79 Å². The summed E-state index contributed by atoms with van der Waals surface area (Å²) in [4.78, 5) is 28.9. The maximum Gasteiger partial charge on any atom is 0.282 e. The van der Waals surface area contributed by atoms with Gasteiger partial charge in [-0.05, 0) is 40.2 Å². The number of nitrogens with zero attached hydrogens (tertiary/aromatic N) is 2. The lowest BCUT2D eigenvalue weighted by Gasteiger charge is -2.09. The van der Waals surface area contributed by atoms with Crippen LogP contribution in [0, 0.1) is 0 Å². The lowest BCUT2D eigenvalue weighted by atomic mass is 10.2. The number of rotatable bonds is 2. The second-order valence-corrected chi connectivity index (χ2v) is 5.60. The van der Waals surface area contributed by atoms with Gasteiger partial charge in [0.15, 0.2) is 5.69 Å². The number of aryl methyl sites for hydroxylation is 1. The molecule has 0 aliphatic rings. The normalized spacial score (nSPS) is 10.6. The molecule has 0 saturated carbocycles. The van der Waals surface area contributed by atoms with Crippen molar-refractivity contribution in [2.24, 2.45) is 7.05 Å². The van der Waals surface area contributed by atoms with E-state index in [4.69, 9.17) is 0 Å². The average Bonchev–Trinajstić information content (AvgIpc) is 2.53. The molecule has 2 aromatic carbocycles. The molecule has 0 bridgehead atoms. The van der Waals surface area contributed by atoms with Crippen molar-refractivity contribution in [2.75, 3.05) is 5.32 Å². The molecule has 1 aromatic heterocycles. The van der Waals surface area contributed by atoms with Gasteiger partial charge in [-0.15, -0.1) is 0 Å². The van der Waals surface area contributed by atoms with Crippen molar-refractivity contribution in [1.29, 1.82) is 0 Å². The largest absolute Gasteiger partial charge is 0.319 e. The molecule has 22 heavy (non-hydrogen) atoms. The van der Waals surface area contributed by atoms with E-state index in [-0.39, 0.29) is 5.69 Å². The monoisotopic (exact) mass is 357 g/mol. The highest BCUT2D eigenvalue weighted by molar-refractivity contribution is 9.10. The number of halogens is 1. The smallest absolute Gasteiger partial charge is 0.282 e. The van der Waals surface area contributed by atoms with Crippen LogP contribution in [0.25, 0.3) is 11.0 Å². The zero-order valence-electron chi connectivity index (χ0n) is 11.7. The van der Waals surface area contributed by atoms with Crippen LogP contribution in [-0.2, 0) is 7.05 Å². The molecule has 110 valence electrons. The maximum atomic E-state index is 12.4. The van der Waals surface area contributed by atoms with Gasteiger partial charge in [-0.2, -0.15) is 0 Å². The summed E-state index contributed by atoms with van der Waals surface area (Å²) >= 11 is 3.35. The summed E-state index contributed by atoms with van der Waals surface area (Å²) in [6.07, 6.45) is 0. The number of amides is 1. The minimum atomic E-state index is -0.529. The molecule has 6 heteroatoms. The van der Waals surface area contributed by atoms with Gasteiger partial charge in [-0.25, -0.2) is 4.98 Å². The van der Waals surface area contributed by atoms with Crippen LogP contribution in [0.4, 0.5) is 5.69 Å². The number of carbonyl (C=O) groups is 1. The Morgan fingerprint density at radius 3 is 2.59 bits per heavy atom. The number of carbonyl (C=O) groups excluding carboxylic acids is 1. The van der Waals surface area contributed by atoms with Gasteiger partial charge in [0.2, 0.25) is 0 Å². The summed E-state index contributed by atoms with van der Waals surface area (Å²) in [5.74, 6) is -0.529. The fourth-order valence-electron chi connectivity index (χ4n) is 2.17. The van der Waals surface area contributed by atoms with Crippen LogP contribution >= 0.6 is 15.9 Å². The molecule has 0 aliphatic carbocycles. The van der Waals surface area contributed by atoms with Crippen LogP contribution in [0.15, 0.2) is 57.8 Å². The van der Waals surface area contributed by atoms with Crippen LogP contribution in [0.3, 0.4) is 0 Å². The predicted octanol–water partition coefficient (Wildman–Crippen LogP) is 2.95. The highest BCUT2D eigenvalue weighted by Crippen LogP contribution is 2.21. The van der Waals surface area contributed by atoms with E-state index in [1.54, 1.807) is 31.3 Å². The van der Waals surface area contributed by atoms with Gasteiger partial charge in [-0.3, -0.25) is 9.59 Å². The van der Waals surface area contributed by atoms with E-state index in [1.807, 2.05) is 24.3 Å². The SMILES string of the molecule is Cn1c(=O)c(C(=O)Nc2ccccc2Br)nc2ccccc21. The summed E-state index contributed by atoms with van der Waals surface area (Å²) in [6.45, 7) is 0. The first-order valence-corrected chi connectivity index (χ1v) is 7.39. The number of hydrogen-bond donors (Lipinski definition) is 1. The number of nitrogens with one attached hydrogen (secondary N) is 1. The van der Waals surface area contributed by atoms with Crippen molar-refractivity contribution >= 4 is 38.6 Å². The summed E-state index contributed by atoms with van der Waals surface area (Å²) in [5.41, 5.74) is 1.32. The molecule has 0 atom stereocenters. The predicted molar refractivity (Wildman–Crippen MR) is 89.1 cm³/mol. The number of hydrogen-bond acceptors (Lipinski definition) is 3. The fraction of sp³-hybridized carbons (Fsp3) is 0.0625. The minimum Gasteiger partial charge on any atom is -0.319 e. The topological polar surface area (TPSA) is 64.0 Å². The molecule has 0 radical (unpaired) electrons. The Bertz CT molecular complexity index is 934. The Kier molecular flexibility index (Phi) is 3.77. The number of para-hydroxylation sites is 3. The van der Waals surface area contributed by atoms with Crippen molar-refractivity contribution in [3.8, 4) is 0 Å². The Morgan fingerprint density at radius 1 is 1.14 bits per heavy atom. The van der Waals surface area contributed by atoms with Crippen molar-refractivity contribution in [1.82, 2.24) is 9.55 Å². The molecule has 0 spiro atoms. The molecule has 1 N–H and O–H groups in total. The van der Waals surface area contributed by atoms with Crippen LogP contribution in [0.2, 0.25) is 0 Å². The van der Waals surface area contributed by atoms with Gasteiger partial charge >= 0.3 is 0 Å². The van der Waals surface area contributed by atoms with E-state index in [2.05, 4.69) is 26.2 Å². The van der Waals surface area contributed by atoms with E-state index >= 15 is 0 Å². The van der Waals surface area contributed by atoms with Gasteiger partial charge in [0.05, 0.1) is 16.7 Å². The average molecular weight is 358 g/mol. The van der Waals surface area contributed by atoms with Gasteiger partial charge in [-0.1, -0.05) is 24.3 Å². The summed E-state index contributed by atoms with van der Waals surface area (Å²) < 4.78 is 2.16. The molecule has 3 rings (SSSR count). The standard InChI is InChI=1S/C16H12BrN3O2/c1-20-13-9-5-4-8-12(13)18-14(16(20)22)15(21)19-11-7-3-2-6-10(11)17/h2-9H,1H3,(H,19,21). The lowest BCUT2D eigenvalue weighted by Crippen LogP contribution is -2.29. The molecular weight excluding hydrogens is 346 g/mol. The third kappa shape index (κ3) is 2.53. The second kappa shape index (κ2) is 5.73. The Labute approximate surface area is 134 Å². The van der Waals surface area contributed by atoms with Crippen LogP contribution in [0.1, 0.15) is 10.5 Å². The third-order valence-electron chi connectivity index (χ3n) is 3.32. The van der Waals surface area contributed by atoms with E-state index in [1.165, 1.54) is 4.57 Å². The lowest BCUT2D eigenvalue weighted by molar-refractivity contribution is 0.102. The molecule has 1 amide bonds. The van der Waals surface area contributed by atoms with Crippen LogP contribution < -0.4 is 10.9 Å². The van der Waals surface area contributed by atoms with Gasteiger partial charge in [0, 0.05) is 11.5 Å². The van der Waals surface area contributed by atoms with Crippen molar-refractivity contribution in [2.45, 2.75) is 0 Å². The molecule has 1 heterocycles. The molecule has 3 aromatic rings. The Balaban J connectivity index is 2.07. The maximum absolute atomic E-state index is 12.4. The van der Waals surface area contributed by atoms with Crippen LogP contribution in [0.5, 0.6) is 0 Å². The second-order valence-electron chi connectivity index (χ2n) is 4.75. The van der Waals surface area contributed by atoms with Gasteiger partial charge in [0.25, 0.3) is 11.5 Å². The van der Waals surface area contributed by atoms with Crippen molar-refractivity contribution in [3.05, 3.63) is 69.1 Å². The summed E-state index contributed by atoms with van der Waals surface area (Å²) in [5, 5.41) is 2.70. The van der Waals surface area contributed by atoms with Gasteiger partial charge < -0.3 is 9.88 Å². The molecule has 0 saturated heterocycles. The molecule has 5 nitrogen and oxygen atoms in total. The fourth-order valence-corrected chi connectivity index (χ4v) is 2.55. The molecular formula is C16H12BrN3O2. The molecule has 0 unspecified atom stereocenters. The van der Waals surface area contributed by atoms with E-state index in [0.717, 1.165) is 4.47 Å². The van der Waals surface area contributed by atoms with Crippen LogP contribution in [-0.4, -0.2) is 15.5 Å². The minimum absolute atomic E-state index is 0.128. The summed E-state index contributed by atoms with van der Waals surface area (Å²) in [6, 6.07) is 14.4. The quantitative estimate of drug-likeness (QED) is 0.766. The third-order valence-corrected chi connectivity index (χ3v) is 4.01. The highest BCUT2D eigenvalue weighted by atomic mass is 79.9. The molecule has 0 fully saturated rings. The first-order chi connectivity index (χ1) is 10.6. The van der Waals surface area contributed by atoms with E-state index < -0.39 is 11.5 Å². The number of fused-ring (bicyclic) bond motifs is 1. The van der Waals surface area contributed by atoms with Gasteiger partial charge in [0.1, 0.15) is 0 Å². The number of anilines is 1. The van der Waals surface area contributed by atoms with E-state index in [9.17, 15) is 9.59 Å². The molecule has 0 aliphatic heterocycles. The number of aromatic nitrogens is 2. The van der Waals surface area contributed by atoms with E-state index in [0.29, 0.717) is 16.7 Å². The van der Waals surface area contributed by atoms with Crippen molar-refractivity contribution in [3.63, 3.8) is 0 Å². The zero-order valence-corrected chi connectivity index (χ0v) is 13.3. The summed E-state index contributed by atoms with van der Waals surface area (Å²) in [7, 11) is 1.63. The highest BCUT2D eigenvalue weighted by Gasteiger charge is 2.16. The Morgan fingerprint density at radius 2 is 1.82 bits per heavy atom. The first-order valence-electron chi connectivity index (χ1n) is 6.59. The Hall–Kier alpha value is -2.47. The zero-order chi connectivity index (χ0) is 15.7. The first kappa shape index (κ1) is 14.5.